The molecule has 3 N–H and O–H groups in total. The number of nitrogens with two attached hydrogens (primary N) is 1. The lowest BCUT2D eigenvalue weighted by Gasteiger charge is -2.02. The third kappa shape index (κ3) is 2.91. The Bertz CT molecular complexity index is 448. The molecule has 6 heteroatoms. The van der Waals surface area contributed by atoms with Gasteiger partial charge in [0.25, 0.3) is 0 Å². The van der Waals surface area contributed by atoms with Crippen LogP contribution in [0.15, 0.2) is 41.9 Å². The van der Waals surface area contributed by atoms with E-state index in [1.165, 1.54) is 0 Å². The van der Waals surface area contributed by atoms with E-state index >= 15 is 0 Å². The monoisotopic (exact) mass is 233 g/mol. The van der Waals surface area contributed by atoms with Crippen molar-refractivity contribution in [2.45, 2.75) is 10.9 Å². The molecule has 2 aromatic heterocycles. The molecule has 0 aliphatic carbocycles. The van der Waals surface area contributed by atoms with Gasteiger partial charge in [0.2, 0.25) is 0 Å². The van der Waals surface area contributed by atoms with Crippen LogP contribution in [0.25, 0.3) is 0 Å². The standard InChI is InChI=1S/C10H11N5S/c11-15-9-6-8(2-5-12-9)7-16-10-13-3-1-4-14-10/h1-6H,7,11H2,(H,12,15). The number of aromatic nitrogens is 3. The molecular weight excluding hydrogens is 222 g/mol. The summed E-state index contributed by atoms with van der Waals surface area (Å²) in [6.07, 6.45) is 5.18. The van der Waals surface area contributed by atoms with Crippen molar-refractivity contribution < 1.29 is 0 Å². The number of thioether (sulfide) groups is 1. The van der Waals surface area contributed by atoms with Crippen molar-refractivity contribution >= 4 is 17.6 Å². The number of pyridine rings is 1. The van der Waals surface area contributed by atoms with Gasteiger partial charge in [0, 0.05) is 24.3 Å². The van der Waals surface area contributed by atoms with Gasteiger partial charge >= 0.3 is 0 Å². The summed E-state index contributed by atoms with van der Waals surface area (Å²) in [6.45, 7) is 0. The summed E-state index contributed by atoms with van der Waals surface area (Å²) < 4.78 is 0. The summed E-state index contributed by atoms with van der Waals surface area (Å²) >= 11 is 1.57. The van der Waals surface area contributed by atoms with E-state index in [-0.39, 0.29) is 0 Å². The smallest absolute Gasteiger partial charge is 0.187 e. The van der Waals surface area contributed by atoms with Gasteiger partial charge in [-0.1, -0.05) is 11.8 Å². The fourth-order valence-electron chi connectivity index (χ4n) is 1.15. The number of hydrogen-bond acceptors (Lipinski definition) is 6. The molecule has 5 nitrogen and oxygen atoms in total. The minimum absolute atomic E-state index is 0.659. The van der Waals surface area contributed by atoms with E-state index in [1.54, 1.807) is 36.4 Å². The van der Waals surface area contributed by atoms with Crippen LogP contribution in [0, 0.1) is 0 Å². The molecule has 0 unspecified atom stereocenters. The van der Waals surface area contributed by atoms with Crippen LogP contribution in [0.2, 0.25) is 0 Å². The Hall–Kier alpha value is -1.66. The molecule has 82 valence electrons. The Morgan fingerprint density at radius 2 is 2.00 bits per heavy atom. The molecule has 0 aliphatic rings. The van der Waals surface area contributed by atoms with E-state index in [0.29, 0.717) is 5.82 Å². The Morgan fingerprint density at radius 3 is 2.75 bits per heavy atom. The second kappa shape index (κ2) is 5.43. The molecule has 2 rings (SSSR count). The van der Waals surface area contributed by atoms with Crippen LogP contribution in [0.3, 0.4) is 0 Å². The van der Waals surface area contributed by atoms with Gasteiger partial charge < -0.3 is 5.43 Å². The number of anilines is 1. The Labute approximate surface area is 97.5 Å². The number of nitrogens with zero attached hydrogens (tertiary/aromatic N) is 3. The minimum Gasteiger partial charge on any atom is -0.308 e. The van der Waals surface area contributed by atoms with Crippen LogP contribution in [0.4, 0.5) is 5.82 Å². The van der Waals surface area contributed by atoms with Gasteiger partial charge in [-0.05, 0) is 23.8 Å². The topological polar surface area (TPSA) is 76.7 Å². The van der Waals surface area contributed by atoms with E-state index in [2.05, 4.69) is 20.4 Å². The number of nitrogen functional groups attached to an aromatic ring is 1. The predicted octanol–water partition coefficient (Wildman–Crippen LogP) is 1.45. The molecular formula is C10H11N5S. The Morgan fingerprint density at radius 1 is 1.19 bits per heavy atom. The molecule has 0 bridgehead atoms. The summed E-state index contributed by atoms with van der Waals surface area (Å²) in [5, 5.41) is 0.765. The molecule has 0 amide bonds. The zero-order chi connectivity index (χ0) is 11.2. The lowest BCUT2D eigenvalue weighted by molar-refractivity contribution is 0.966. The highest BCUT2D eigenvalue weighted by atomic mass is 32.2. The summed E-state index contributed by atoms with van der Waals surface area (Å²) in [6, 6.07) is 5.64. The highest BCUT2D eigenvalue weighted by Crippen LogP contribution is 2.19. The second-order valence-corrected chi connectivity index (χ2v) is 3.96. The van der Waals surface area contributed by atoms with Crippen LogP contribution < -0.4 is 11.3 Å². The van der Waals surface area contributed by atoms with E-state index in [9.17, 15) is 0 Å². The summed E-state index contributed by atoms with van der Waals surface area (Å²) in [5.74, 6) is 6.73. The van der Waals surface area contributed by atoms with Gasteiger partial charge in [-0.3, -0.25) is 0 Å². The first-order valence-corrected chi connectivity index (χ1v) is 5.68. The van der Waals surface area contributed by atoms with Crippen LogP contribution in [0.1, 0.15) is 5.56 Å². The van der Waals surface area contributed by atoms with E-state index in [1.807, 2.05) is 12.1 Å². The maximum absolute atomic E-state index is 5.28. The van der Waals surface area contributed by atoms with Crippen molar-refractivity contribution in [3.63, 3.8) is 0 Å². The lowest BCUT2D eigenvalue weighted by Crippen LogP contribution is -2.08. The third-order valence-corrected chi connectivity index (χ3v) is 2.83. The van der Waals surface area contributed by atoms with Crippen LogP contribution >= 0.6 is 11.8 Å². The van der Waals surface area contributed by atoms with Crippen molar-refractivity contribution in [3.8, 4) is 0 Å². The van der Waals surface area contributed by atoms with Gasteiger partial charge in [0.15, 0.2) is 5.16 Å². The zero-order valence-corrected chi connectivity index (χ0v) is 9.31. The van der Waals surface area contributed by atoms with Gasteiger partial charge in [-0.15, -0.1) is 0 Å². The van der Waals surface area contributed by atoms with E-state index < -0.39 is 0 Å². The van der Waals surface area contributed by atoms with Crippen LogP contribution in [-0.4, -0.2) is 15.0 Å². The Kier molecular flexibility index (Phi) is 3.68. The molecule has 0 atom stereocenters. The minimum atomic E-state index is 0.659. The fraction of sp³-hybridized carbons (Fsp3) is 0.100. The van der Waals surface area contributed by atoms with Gasteiger partial charge in [-0.25, -0.2) is 20.8 Å². The van der Waals surface area contributed by atoms with Gasteiger partial charge in [0.05, 0.1) is 0 Å². The molecule has 0 saturated heterocycles. The van der Waals surface area contributed by atoms with Crippen molar-refractivity contribution in [2.75, 3.05) is 5.43 Å². The van der Waals surface area contributed by atoms with Crippen molar-refractivity contribution in [1.29, 1.82) is 0 Å². The average Bonchev–Trinajstić information content (AvgIpc) is 2.38. The SMILES string of the molecule is NNc1cc(CSc2ncccn2)ccn1. The van der Waals surface area contributed by atoms with Crippen LogP contribution in [-0.2, 0) is 5.75 Å². The maximum atomic E-state index is 5.28. The predicted molar refractivity (Wildman–Crippen MR) is 63.6 cm³/mol. The zero-order valence-electron chi connectivity index (χ0n) is 8.50. The van der Waals surface area contributed by atoms with Gasteiger partial charge in [-0.2, -0.15) is 0 Å². The number of rotatable bonds is 4. The first kappa shape index (κ1) is 10.8. The quantitative estimate of drug-likeness (QED) is 0.360. The van der Waals surface area contributed by atoms with Crippen LogP contribution in [0.5, 0.6) is 0 Å². The molecule has 0 saturated carbocycles. The second-order valence-electron chi connectivity index (χ2n) is 3.01. The fourth-order valence-corrected chi connectivity index (χ4v) is 1.90. The normalized spacial score (nSPS) is 10.1. The number of hydrogen-bond donors (Lipinski definition) is 2. The summed E-state index contributed by atoms with van der Waals surface area (Å²) in [5.41, 5.74) is 3.64. The average molecular weight is 233 g/mol. The molecule has 0 spiro atoms. The highest BCUT2D eigenvalue weighted by molar-refractivity contribution is 7.98. The molecule has 16 heavy (non-hydrogen) atoms. The number of nitrogens with one attached hydrogen (secondary N) is 1. The molecule has 0 aromatic carbocycles. The van der Waals surface area contributed by atoms with Gasteiger partial charge in [0.1, 0.15) is 5.82 Å². The summed E-state index contributed by atoms with van der Waals surface area (Å²) in [4.78, 5) is 12.3. The number of hydrazine groups is 1. The Balaban J connectivity index is 1.99. The van der Waals surface area contributed by atoms with E-state index in [0.717, 1.165) is 16.5 Å². The lowest BCUT2D eigenvalue weighted by atomic mass is 10.3. The highest BCUT2D eigenvalue weighted by Gasteiger charge is 1.99. The van der Waals surface area contributed by atoms with Crippen molar-refractivity contribution in [2.24, 2.45) is 5.84 Å². The van der Waals surface area contributed by atoms with Crippen molar-refractivity contribution in [1.82, 2.24) is 15.0 Å². The maximum Gasteiger partial charge on any atom is 0.187 e. The molecule has 2 heterocycles. The van der Waals surface area contributed by atoms with E-state index in [4.69, 9.17) is 5.84 Å². The summed E-state index contributed by atoms with van der Waals surface area (Å²) in [7, 11) is 0. The largest absolute Gasteiger partial charge is 0.308 e. The molecule has 0 radical (unpaired) electrons. The first-order valence-electron chi connectivity index (χ1n) is 4.70. The molecule has 0 aliphatic heterocycles. The first-order chi connectivity index (χ1) is 7.88. The molecule has 0 fully saturated rings. The van der Waals surface area contributed by atoms with Crippen molar-refractivity contribution in [3.05, 3.63) is 42.4 Å². The third-order valence-electron chi connectivity index (χ3n) is 1.88. The molecule has 2 aromatic rings.